The molecule has 0 saturated carbocycles. The van der Waals surface area contributed by atoms with Gasteiger partial charge in [0.25, 0.3) is 6.43 Å². The van der Waals surface area contributed by atoms with E-state index in [1.807, 2.05) is 19.9 Å². The Bertz CT molecular complexity index is 426. The van der Waals surface area contributed by atoms with Crippen LogP contribution in [0, 0.1) is 11.3 Å². The van der Waals surface area contributed by atoms with Crippen molar-refractivity contribution in [3.05, 3.63) is 35.4 Å². The lowest BCUT2D eigenvalue weighted by molar-refractivity contribution is 0.0390. The largest absolute Gasteiger partial charge is 0.387 e. The van der Waals surface area contributed by atoms with Crippen molar-refractivity contribution in [2.45, 2.75) is 32.4 Å². The van der Waals surface area contributed by atoms with Gasteiger partial charge in [0, 0.05) is 12.6 Å². The summed E-state index contributed by atoms with van der Waals surface area (Å²) in [5, 5.41) is 18.7. The highest BCUT2D eigenvalue weighted by atomic mass is 19.3. The second kappa shape index (κ2) is 7.17. The predicted molar refractivity (Wildman–Crippen MR) is 68.8 cm³/mol. The van der Waals surface area contributed by atoms with Crippen molar-refractivity contribution >= 4 is 0 Å². The molecule has 0 fully saturated rings. The molecule has 0 aliphatic carbocycles. The van der Waals surface area contributed by atoms with Crippen LogP contribution >= 0.6 is 0 Å². The molecule has 0 aromatic heterocycles. The standard InChI is InChI=1S/C14H18F2N2O/c1-10(2)18(9-14(15)16)8-13(19)12-5-3-11(7-17)4-6-12/h3-6,10,13-14,19H,8-9H2,1-2H3. The van der Waals surface area contributed by atoms with E-state index in [1.54, 1.807) is 24.3 Å². The van der Waals surface area contributed by atoms with Gasteiger partial charge in [-0.05, 0) is 31.5 Å². The fourth-order valence-electron chi connectivity index (χ4n) is 1.78. The number of nitrogens with zero attached hydrogens (tertiary/aromatic N) is 2. The van der Waals surface area contributed by atoms with Gasteiger partial charge in [-0.3, -0.25) is 4.90 Å². The van der Waals surface area contributed by atoms with E-state index in [4.69, 9.17) is 5.26 Å². The van der Waals surface area contributed by atoms with Crippen LogP contribution in [0.15, 0.2) is 24.3 Å². The zero-order valence-corrected chi connectivity index (χ0v) is 11.1. The molecule has 0 bridgehead atoms. The van der Waals surface area contributed by atoms with Gasteiger partial charge < -0.3 is 5.11 Å². The van der Waals surface area contributed by atoms with Crippen molar-refractivity contribution in [2.75, 3.05) is 13.1 Å². The SMILES string of the molecule is CC(C)N(CC(F)F)CC(O)c1ccc(C#N)cc1. The van der Waals surface area contributed by atoms with E-state index >= 15 is 0 Å². The summed E-state index contributed by atoms with van der Waals surface area (Å²) >= 11 is 0. The third kappa shape index (κ3) is 4.93. The number of hydrogen-bond acceptors (Lipinski definition) is 3. The Labute approximate surface area is 112 Å². The van der Waals surface area contributed by atoms with Crippen LogP contribution in [-0.4, -0.2) is 35.6 Å². The van der Waals surface area contributed by atoms with Crippen molar-refractivity contribution in [3.8, 4) is 6.07 Å². The maximum Gasteiger partial charge on any atom is 0.251 e. The van der Waals surface area contributed by atoms with E-state index in [0.29, 0.717) is 11.1 Å². The number of rotatable bonds is 6. The second-order valence-electron chi connectivity index (χ2n) is 4.69. The monoisotopic (exact) mass is 268 g/mol. The van der Waals surface area contributed by atoms with Gasteiger partial charge >= 0.3 is 0 Å². The molecule has 1 atom stereocenters. The van der Waals surface area contributed by atoms with Crippen molar-refractivity contribution in [3.63, 3.8) is 0 Å². The molecule has 1 aromatic carbocycles. The Balaban J connectivity index is 2.70. The van der Waals surface area contributed by atoms with Gasteiger partial charge in [-0.1, -0.05) is 12.1 Å². The fourth-order valence-corrected chi connectivity index (χ4v) is 1.78. The lowest BCUT2D eigenvalue weighted by Crippen LogP contribution is -2.38. The lowest BCUT2D eigenvalue weighted by Gasteiger charge is -2.28. The zero-order valence-electron chi connectivity index (χ0n) is 11.1. The third-order valence-electron chi connectivity index (χ3n) is 2.93. The van der Waals surface area contributed by atoms with Crippen LogP contribution in [0.1, 0.15) is 31.1 Å². The smallest absolute Gasteiger partial charge is 0.251 e. The highest BCUT2D eigenvalue weighted by molar-refractivity contribution is 5.32. The average molecular weight is 268 g/mol. The topological polar surface area (TPSA) is 47.3 Å². The van der Waals surface area contributed by atoms with Crippen molar-refractivity contribution in [1.29, 1.82) is 5.26 Å². The quantitative estimate of drug-likeness (QED) is 0.862. The molecule has 1 rings (SSSR count). The van der Waals surface area contributed by atoms with Gasteiger partial charge in [-0.2, -0.15) is 5.26 Å². The number of nitriles is 1. The normalized spacial score (nSPS) is 13.0. The van der Waals surface area contributed by atoms with Crippen molar-refractivity contribution in [2.24, 2.45) is 0 Å². The Morgan fingerprint density at radius 2 is 1.79 bits per heavy atom. The minimum absolute atomic E-state index is 0.0676. The van der Waals surface area contributed by atoms with E-state index in [0.717, 1.165) is 0 Å². The van der Waals surface area contributed by atoms with E-state index < -0.39 is 12.5 Å². The summed E-state index contributed by atoms with van der Waals surface area (Å²) in [5.74, 6) is 0. The number of hydrogen-bond donors (Lipinski definition) is 1. The highest BCUT2D eigenvalue weighted by Crippen LogP contribution is 2.17. The first-order valence-corrected chi connectivity index (χ1v) is 6.14. The molecular weight excluding hydrogens is 250 g/mol. The summed E-state index contributed by atoms with van der Waals surface area (Å²) < 4.78 is 24.9. The minimum Gasteiger partial charge on any atom is -0.387 e. The average Bonchev–Trinajstić information content (AvgIpc) is 2.37. The summed E-state index contributed by atoms with van der Waals surface area (Å²) in [7, 11) is 0. The minimum atomic E-state index is -2.42. The van der Waals surface area contributed by atoms with Crippen molar-refractivity contribution in [1.82, 2.24) is 4.90 Å². The molecule has 1 unspecified atom stereocenters. The third-order valence-corrected chi connectivity index (χ3v) is 2.93. The maximum atomic E-state index is 12.4. The van der Waals surface area contributed by atoms with Gasteiger partial charge in [0.2, 0.25) is 0 Å². The van der Waals surface area contributed by atoms with Gasteiger partial charge in [0.1, 0.15) is 0 Å². The van der Waals surface area contributed by atoms with Crippen LogP contribution in [0.25, 0.3) is 0 Å². The van der Waals surface area contributed by atoms with Crippen LogP contribution in [0.4, 0.5) is 8.78 Å². The number of benzene rings is 1. The molecule has 0 aliphatic rings. The van der Waals surface area contributed by atoms with E-state index in [1.165, 1.54) is 4.90 Å². The van der Waals surface area contributed by atoms with Crippen LogP contribution in [0.2, 0.25) is 0 Å². The molecule has 0 aliphatic heterocycles. The Morgan fingerprint density at radius 1 is 1.21 bits per heavy atom. The highest BCUT2D eigenvalue weighted by Gasteiger charge is 2.19. The van der Waals surface area contributed by atoms with Gasteiger partial charge in [-0.15, -0.1) is 0 Å². The Kier molecular flexibility index (Phi) is 5.87. The molecule has 0 radical (unpaired) electrons. The maximum absolute atomic E-state index is 12.4. The first kappa shape index (κ1) is 15.5. The molecule has 1 aromatic rings. The van der Waals surface area contributed by atoms with E-state index in [2.05, 4.69) is 0 Å². The number of aliphatic hydroxyl groups excluding tert-OH is 1. The molecule has 0 amide bonds. The summed E-state index contributed by atoms with van der Waals surface area (Å²) in [6.07, 6.45) is -3.26. The van der Waals surface area contributed by atoms with Crippen LogP contribution in [0.5, 0.6) is 0 Å². The molecule has 1 N–H and O–H groups in total. The second-order valence-corrected chi connectivity index (χ2v) is 4.69. The molecule has 5 heteroatoms. The molecule has 0 spiro atoms. The fraction of sp³-hybridized carbons (Fsp3) is 0.500. The lowest BCUT2D eigenvalue weighted by atomic mass is 10.1. The summed E-state index contributed by atoms with van der Waals surface area (Å²) in [5.41, 5.74) is 1.13. The van der Waals surface area contributed by atoms with Gasteiger partial charge in [0.05, 0.1) is 24.3 Å². The van der Waals surface area contributed by atoms with E-state index in [-0.39, 0.29) is 19.1 Å². The summed E-state index contributed by atoms with van der Waals surface area (Å²) in [6, 6.07) is 8.41. The Hall–Kier alpha value is -1.51. The first-order valence-electron chi connectivity index (χ1n) is 6.14. The first-order chi connectivity index (χ1) is 8.93. The van der Waals surface area contributed by atoms with Crippen LogP contribution < -0.4 is 0 Å². The molecule has 0 heterocycles. The van der Waals surface area contributed by atoms with Crippen LogP contribution in [0.3, 0.4) is 0 Å². The number of halogens is 2. The Morgan fingerprint density at radius 3 is 2.21 bits per heavy atom. The molecular formula is C14H18F2N2O. The zero-order chi connectivity index (χ0) is 14.4. The van der Waals surface area contributed by atoms with Crippen molar-refractivity contribution < 1.29 is 13.9 Å². The molecule has 3 nitrogen and oxygen atoms in total. The molecule has 19 heavy (non-hydrogen) atoms. The number of aliphatic hydroxyl groups is 1. The molecule has 0 saturated heterocycles. The number of alkyl halides is 2. The summed E-state index contributed by atoms with van der Waals surface area (Å²) in [6.45, 7) is 3.42. The predicted octanol–water partition coefficient (Wildman–Crippen LogP) is 2.57. The van der Waals surface area contributed by atoms with E-state index in [9.17, 15) is 13.9 Å². The van der Waals surface area contributed by atoms with Gasteiger partial charge in [0.15, 0.2) is 0 Å². The van der Waals surface area contributed by atoms with Crippen LogP contribution in [-0.2, 0) is 0 Å². The summed E-state index contributed by atoms with van der Waals surface area (Å²) in [4.78, 5) is 1.54. The molecule has 104 valence electrons. The van der Waals surface area contributed by atoms with Gasteiger partial charge in [-0.25, -0.2) is 8.78 Å².